The molecule has 34 heavy (non-hydrogen) atoms. The van der Waals surface area contributed by atoms with Crippen LogP contribution in [-0.4, -0.2) is 40.7 Å². The van der Waals surface area contributed by atoms with Gasteiger partial charge in [-0.3, -0.25) is 14.4 Å². The molecule has 3 amide bonds. The molecule has 11 heteroatoms. The molecule has 1 aromatic heterocycles. The number of carbonyl (C=O) groups excluding carboxylic acids is 3. The summed E-state index contributed by atoms with van der Waals surface area (Å²) in [5, 5.41) is 5.47. The van der Waals surface area contributed by atoms with Crippen molar-refractivity contribution in [3.63, 3.8) is 0 Å². The number of nitrogens with two attached hydrogens (primary N) is 1. The lowest BCUT2D eigenvalue weighted by Crippen LogP contribution is -2.38. The Kier molecular flexibility index (Phi) is 7.16. The lowest BCUT2D eigenvalue weighted by atomic mass is 9.97. The zero-order valence-corrected chi connectivity index (χ0v) is 20.0. The number of hydrogen-bond acceptors (Lipinski definition) is 5. The van der Waals surface area contributed by atoms with Crippen molar-refractivity contribution >= 4 is 57.9 Å². The number of thiazole rings is 1. The van der Waals surface area contributed by atoms with Crippen molar-refractivity contribution in [2.24, 2.45) is 5.73 Å². The first-order valence-corrected chi connectivity index (χ1v) is 12.0. The Hall–Kier alpha value is -3.01. The summed E-state index contributed by atoms with van der Waals surface area (Å²) in [7, 11) is 0. The number of aromatic nitrogens is 1. The molecule has 2 heterocycles. The van der Waals surface area contributed by atoms with Gasteiger partial charge in [0.15, 0.2) is 0 Å². The molecule has 1 fully saturated rings. The average molecular weight is 521 g/mol. The molecule has 2 aromatic carbocycles. The van der Waals surface area contributed by atoms with Crippen LogP contribution < -0.4 is 11.1 Å². The van der Waals surface area contributed by atoms with Crippen molar-refractivity contribution in [2.45, 2.75) is 18.8 Å². The number of nitrogens with one attached hydrogen (secondary N) is 1. The van der Waals surface area contributed by atoms with E-state index in [-0.39, 0.29) is 33.4 Å². The molecule has 3 N–H and O–H groups in total. The number of amides is 3. The Morgan fingerprint density at radius 3 is 2.56 bits per heavy atom. The van der Waals surface area contributed by atoms with Crippen molar-refractivity contribution in [3.8, 4) is 0 Å². The van der Waals surface area contributed by atoms with Gasteiger partial charge in [0.2, 0.25) is 0 Å². The number of carbonyl (C=O) groups is 3. The Bertz CT molecular complexity index is 1250. The first-order chi connectivity index (χ1) is 16.2. The molecule has 1 aliphatic heterocycles. The van der Waals surface area contributed by atoms with E-state index in [0.717, 1.165) is 5.01 Å². The number of benzene rings is 2. The number of rotatable bonds is 5. The lowest BCUT2D eigenvalue weighted by molar-refractivity contribution is 0.0708. The van der Waals surface area contributed by atoms with Crippen molar-refractivity contribution in [1.29, 1.82) is 0 Å². The number of hydrogen-bond donors (Lipinski definition) is 2. The van der Waals surface area contributed by atoms with Gasteiger partial charge in [-0.1, -0.05) is 29.3 Å². The van der Waals surface area contributed by atoms with E-state index < -0.39 is 23.5 Å². The Balaban J connectivity index is 1.40. The smallest absolute Gasteiger partial charge is 0.275 e. The molecular weight excluding hydrogens is 502 g/mol. The Morgan fingerprint density at radius 1 is 1.15 bits per heavy atom. The summed E-state index contributed by atoms with van der Waals surface area (Å²) in [6, 6.07) is 8.59. The molecule has 1 saturated heterocycles. The second-order valence-corrected chi connectivity index (χ2v) is 9.48. The highest BCUT2D eigenvalue weighted by Crippen LogP contribution is 2.32. The van der Waals surface area contributed by atoms with Crippen LogP contribution in [0.3, 0.4) is 0 Å². The SMILES string of the molecule is NC(=O)c1cc(Cl)ccc1NC(=O)c1csc(C2CCN(C(=O)c3c(F)cccc3Cl)CC2)n1. The third-order valence-electron chi connectivity index (χ3n) is 5.56. The van der Waals surface area contributed by atoms with Crippen LogP contribution in [-0.2, 0) is 0 Å². The predicted molar refractivity (Wildman–Crippen MR) is 129 cm³/mol. The van der Waals surface area contributed by atoms with Gasteiger partial charge in [-0.25, -0.2) is 9.37 Å². The second kappa shape index (κ2) is 10.1. The van der Waals surface area contributed by atoms with Crippen LogP contribution in [0.1, 0.15) is 55.0 Å². The molecule has 0 spiro atoms. The monoisotopic (exact) mass is 520 g/mol. The average Bonchev–Trinajstić information content (AvgIpc) is 3.30. The molecule has 7 nitrogen and oxygen atoms in total. The second-order valence-electron chi connectivity index (χ2n) is 7.74. The highest BCUT2D eigenvalue weighted by atomic mass is 35.5. The van der Waals surface area contributed by atoms with Gasteiger partial charge >= 0.3 is 0 Å². The van der Waals surface area contributed by atoms with Gasteiger partial charge < -0.3 is 16.0 Å². The van der Waals surface area contributed by atoms with Gasteiger partial charge in [0.25, 0.3) is 17.7 Å². The fourth-order valence-electron chi connectivity index (χ4n) is 3.78. The molecule has 1 aliphatic rings. The largest absolute Gasteiger partial charge is 0.366 e. The summed E-state index contributed by atoms with van der Waals surface area (Å²) in [5.74, 6) is -2.21. The minimum absolute atomic E-state index is 0.0587. The van der Waals surface area contributed by atoms with Gasteiger partial charge in [-0.2, -0.15) is 0 Å². The van der Waals surface area contributed by atoms with Crippen LogP contribution >= 0.6 is 34.5 Å². The number of anilines is 1. The predicted octanol–water partition coefficient (Wildman–Crippen LogP) is 4.96. The summed E-state index contributed by atoms with van der Waals surface area (Å²) in [5.41, 5.74) is 5.81. The van der Waals surface area contributed by atoms with E-state index in [4.69, 9.17) is 28.9 Å². The van der Waals surface area contributed by atoms with Gasteiger partial charge in [0.1, 0.15) is 11.5 Å². The lowest BCUT2D eigenvalue weighted by Gasteiger charge is -2.31. The minimum Gasteiger partial charge on any atom is -0.366 e. The molecule has 0 aliphatic carbocycles. The Labute approximate surface area is 208 Å². The van der Waals surface area contributed by atoms with Crippen molar-refractivity contribution in [3.05, 3.63) is 79.5 Å². The summed E-state index contributed by atoms with van der Waals surface area (Å²) >= 11 is 13.3. The normalized spacial score (nSPS) is 14.1. The van der Waals surface area contributed by atoms with Crippen LogP contribution in [0.4, 0.5) is 10.1 Å². The van der Waals surface area contributed by atoms with Gasteiger partial charge in [-0.05, 0) is 43.2 Å². The van der Waals surface area contributed by atoms with Crippen LogP contribution in [0.2, 0.25) is 10.0 Å². The maximum atomic E-state index is 14.1. The first kappa shape index (κ1) is 24.1. The fourth-order valence-corrected chi connectivity index (χ4v) is 5.17. The number of halogens is 3. The molecule has 0 saturated carbocycles. The van der Waals surface area contributed by atoms with Crippen LogP contribution in [0.15, 0.2) is 41.8 Å². The molecule has 0 bridgehead atoms. The zero-order chi connectivity index (χ0) is 24.4. The van der Waals surface area contributed by atoms with E-state index in [0.29, 0.717) is 31.0 Å². The highest BCUT2D eigenvalue weighted by Gasteiger charge is 2.29. The third kappa shape index (κ3) is 5.06. The Morgan fingerprint density at radius 2 is 1.88 bits per heavy atom. The summed E-state index contributed by atoms with van der Waals surface area (Å²) in [6.45, 7) is 0.837. The first-order valence-electron chi connectivity index (χ1n) is 10.3. The number of nitrogens with zero attached hydrogens (tertiary/aromatic N) is 2. The molecule has 0 radical (unpaired) electrons. The topological polar surface area (TPSA) is 105 Å². The van der Waals surface area contributed by atoms with Crippen LogP contribution in [0.25, 0.3) is 0 Å². The summed E-state index contributed by atoms with van der Waals surface area (Å²) in [4.78, 5) is 43.1. The zero-order valence-electron chi connectivity index (χ0n) is 17.7. The summed E-state index contributed by atoms with van der Waals surface area (Å²) < 4.78 is 14.1. The summed E-state index contributed by atoms with van der Waals surface area (Å²) in [6.07, 6.45) is 1.24. The van der Waals surface area contributed by atoms with E-state index >= 15 is 0 Å². The van der Waals surface area contributed by atoms with Gasteiger partial charge in [-0.15, -0.1) is 11.3 Å². The molecule has 176 valence electrons. The fraction of sp³-hybridized carbons (Fsp3) is 0.217. The molecule has 0 unspecified atom stereocenters. The highest BCUT2D eigenvalue weighted by molar-refractivity contribution is 7.10. The van der Waals surface area contributed by atoms with Crippen LogP contribution in [0, 0.1) is 5.82 Å². The molecule has 0 atom stereocenters. The quantitative estimate of drug-likeness (QED) is 0.495. The molecule has 4 rings (SSSR count). The number of piperidine rings is 1. The van der Waals surface area contributed by atoms with Gasteiger partial charge in [0.05, 0.1) is 26.8 Å². The van der Waals surface area contributed by atoms with E-state index in [1.54, 1.807) is 16.3 Å². The molecule has 3 aromatic rings. The maximum Gasteiger partial charge on any atom is 0.275 e. The van der Waals surface area contributed by atoms with Crippen LogP contribution in [0.5, 0.6) is 0 Å². The van der Waals surface area contributed by atoms with Crippen molar-refractivity contribution in [1.82, 2.24) is 9.88 Å². The standard InChI is InChI=1S/C23H19Cl2FN4O3S/c24-13-4-5-17(14(10-13)20(27)31)28-21(32)18-11-34-22(29-18)12-6-8-30(9-7-12)23(33)19-15(25)2-1-3-16(19)26/h1-5,10-12H,6-9H2,(H2,27,31)(H,28,32). The van der Waals surface area contributed by atoms with E-state index in [2.05, 4.69) is 10.3 Å². The van der Waals surface area contributed by atoms with E-state index in [9.17, 15) is 18.8 Å². The maximum absolute atomic E-state index is 14.1. The third-order valence-corrected chi connectivity index (χ3v) is 7.12. The van der Waals surface area contributed by atoms with E-state index in [1.807, 2.05) is 0 Å². The minimum atomic E-state index is -0.713. The van der Waals surface area contributed by atoms with Gasteiger partial charge in [0, 0.05) is 29.4 Å². The van der Waals surface area contributed by atoms with E-state index in [1.165, 1.54) is 41.7 Å². The van der Waals surface area contributed by atoms with Crippen molar-refractivity contribution in [2.75, 3.05) is 18.4 Å². The number of likely N-dealkylation sites (tertiary alicyclic amines) is 1. The molecular formula is C23H19Cl2FN4O3S. The number of primary amides is 1. The van der Waals surface area contributed by atoms with Crippen molar-refractivity contribution < 1.29 is 18.8 Å².